The van der Waals surface area contributed by atoms with Crippen molar-refractivity contribution in [3.8, 4) is 0 Å². The number of anilines is 4. The van der Waals surface area contributed by atoms with Gasteiger partial charge in [-0.05, 0) is 68.7 Å². The van der Waals surface area contributed by atoms with Crippen molar-refractivity contribution in [3.05, 3.63) is 71.4 Å². The number of benzene rings is 2. The molecular weight excluding hydrogens is 448 g/mol. The molecule has 0 atom stereocenters. The number of nitrogens with zero attached hydrogens (tertiary/aromatic N) is 3. The quantitative estimate of drug-likeness (QED) is 0.516. The molecule has 2 aromatic carbocycles. The lowest BCUT2D eigenvalue weighted by Crippen LogP contribution is -2.31. The fourth-order valence-corrected chi connectivity index (χ4v) is 4.89. The Morgan fingerprint density at radius 3 is 2.36 bits per heavy atom. The predicted octanol–water partition coefficient (Wildman–Crippen LogP) is 4.74. The topological polar surface area (TPSA) is 87.2 Å². The van der Waals surface area contributed by atoms with Crippen molar-refractivity contribution in [3.63, 3.8) is 0 Å². The van der Waals surface area contributed by atoms with Gasteiger partial charge in [0.15, 0.2) is 0 Å². The Morgan fingerprint density at radius 1 is 0.939 bits per heavy atom. The molecule has 1 fully saturated rings. The van der Waals surface area contributed by atoms with E-state index in [9.17, 15) is 17.2 Å². The Balaban J connectivity index is 1.43. The molecule has 1 aromatic heterocycles. The Labute approximate surface area is 191 Å². The van der Waals surface area contributed by atoms with E-state index in [0.29, 0.717) is 17.5 Å². The number of nitrogens with one attached hydrogen (secondary N) is 2. The number of aryl methyl sites for hydroxylation is 1. The third-order valence-corrected chi connectivity index (χ3v) is 6.50. The highest BCUT2D eigenvalue weighted by atomic mass is 32.2. The molecular formula is C23H25F2N5O2S. The monoisotopic (exact) mass is 473 g/mol. The first-order valence-corrected chi connectivity index (χ1v) is 12.3. The number of aromatic nitrogens is 2. The summed E-state index contributed by atoms with van der Waals surface area (Å²) in [4.78, 5) is 11.4. The third-order valence-electron chi connectivity index (χ3n) is 5.27. The van der Waals surface area contributed by atoms with E-state index in [2.05, 4.69) is 24.9 Å². The van der Waals surface area contributed by atoms with Crippen LogP contribution >= 0.6 is 0 Å². The normalized spacial score (nSPS) is 14.2. The fraction of sp³-hybridized carbons (Fsp3) is 0.304. The minimum absolute atomic E-state index is 0.232. The average molecular weight is 474 g/mol. The van der Waals surface area contributed by atoms with Crippen LogP contribution in [0.25, 0.3) is 0 Å². The maximum Gasteiger partial charge on any atom is 0.237 e. The molecule has 1 aliphatic rings. The van der Waals surface area contributed by atoms with Crippen molar-refractivity contribution in [1.82, 2.24) is 9.97 Å². The first-order valence-electron chi connectivity index (χ1n) is 10.7. The molecule has 0 aliphatic carbocycles. The lowest BCUT2D eigenvalue weighted by Gasteiger charge is -2.27. The summed E-state index contributed by atoms with van der Waals surface area (Å²) in [5.74, 6) is -0.786. The second-order valence-corrected chi connectivity index (χ2v) is 9.76. The van der Waals surface area contributed by atoms with Crippen LogP contribution in [0.1, 0.15) is 30.5 Å². The van der Waals surface area contributed by atoms with Gasteiger partial charge in [-0.1, -0.05) is 0 Å². The van der Waals surface area contributed by atoms with Gasteiger partial charge in [0.2, 0.25) is 16.0 Å². The van der Waals surface area contributed by atoms with Crippen LogP contribution in [-0.4, -0.2) is 31.5 Å². The molecule has 0 amide bonds. The van der Waals surface area contributed by atoms with Gasteiger partial charge in [-0.2, -0.15) is 4.98 Å². The molecule has 1 aliphatic heterocycles. The number of sulfonamides is 1. The van der Waals surface area contributed by atoms with Crippen LogP contribution in [0.3, 0.4) is 0 Å². The Hall–Kier alpha value is -3.27. The minimum Gasteiger partial charge on any atom is -0.341 e. The van der Waals surface area contributed by atoms with E-state index < -0.39 is 27.4 Å². The Kier molecular flexibility index (Phi) is 6.73. The molecule has 0 bridgehead atoms. The van der Waals surface area contributed by atoms with Crippen LogP contribution in [0, 0.1) is 18.6 Å². The molecule has 7 nitrogen and oxygen atoms in total. The highest BCUT2D eigenvalue weighted by Gasteiger charge is 2.17. The average Bonchev–Trinajstić information content (AvgIpc) is 2.77. The van der Waals surface area contributed by atoms with Crippen LogP contribution in [-0.2, 0) is 15.8 Å². The Morgan fingerprint density at radius 2 is 1.64 bits per heavy atom. The van der Waals surface area contributed by atoms with Crippen LogP contribution in [0.4, 0.5) is 31.9 Å². The van der Waals surface area contributed by atoms with Gasteiger partial charge in [-0.25, -0.2) is 22.2 Å². The van der Waals surface area contributed by atoms with Gasteiger partial charge in [0.1, 0.15) is 17.5 Å². The van der Waals surface area contributed by atoms with Crippen molar-refractivity contribution in [2.45, 2.75) is 31.9 Å². The van der Waals surface area contributed by atoms with Crippen molar-refractivity contribution in [2.24, 2.45) is 0 Å². The summed E-state index contributed by atoms with van der Waals surface area (Å²) >= 11 is 0. The van der Waals surface area contributed by atoms with E-state index in [4.69, 9.17) is 0 Å². The molecule has 0 spiro atoms. The fourth-order valence-electron chi connectivity index (χ4n) is 3.70. The molecule has 174 valence electrons. The summed E-state index contributed by atoms with van der Waals surface area (Å²) in [6, 6.07) is 11.2. The Bertz CT molecular complexity index is 1230. The third kappa shape index (κ3) is 6.16. The van der Waals surface area contributed by atoms with E-state index in [0.717, 1.165) is 55.5 Å². The maximum atomic E-state index is 13.8. The SMILES string of the molecule is Cc1cc(Nc2ccc(NS(=O)(=O)Cc3cc(F)ccc3F)cc2)nc(N2CCCCC2)n1. The number of piperidine rings is 1. The molecule has 4 rings (SSSR count). The molecule has 33 heavy (non-hydrogen) atoms. The number of rotatable bonds is 7. The smallest absolute Gasteiger partial charge is 0.237 e. The molecule has 1 saturated heterocycles. The molecule has 0 unspecified atom stereocenters. The van der Waals surface area contributed by atoms with Gasteiger partial charge < -0.3 is 10.2 Å². The van der Waals surface area contributed by atoms with E-state index in [-0.39, 0.29) is 5.56 Å². The summed E-state index contributed by atoms with van der Waals surface area (Å²) in [5, 5.41) is 3.22. The molecule has 3 aromatic rings. The molecule has 2 N–H and O–H groups in total. The predicted molar refractivity (Wildman–Crippen MR) is 125 cm³/mol. The second-order valence-electron chi connectivity index (χ2n) is 8.04. The van der Waals surface area contributed by atoms with Crippen molar-refractivity contribution < 1.29 is 17.2 Å². The van der Waals surface area contributed by atoms with E-state index >= 15 is 0 Å². The lowest BCUT2D eigenvalue weighted by atomic mass is 10.1. The summed E-state index contributed by atoms with van der Waals surface area (Å²) in [6.45, 7) is 3.80. The number of halogens is 2. The van der Waals surface area contributed by atoms with E-state index in [1.54, 1.807) is 24.3 Å². The van der Waals surface area contributed by atoms with Crippen LogP contribution in [0.5, 0.6) is 0 Å². The number of hydrogen-bond donors (Lipinski definition) is 2. The minimum atomic E-state index is -3.93. The molecule has 0 saturated carbocycles. The number of hydrogen-bond acceptors (Lipinski definition) is 6. The van der Waals surface area contributed by atoms with Crippen molar-refractivity contribution in [2.75, 3.05) is 28.0 Å². The zero-order chi connectivity index (χ0) is 23.4. The second kappa shape index (κ2) is 9.70. The van der Waals surface area contributed by atoms with Gasteiger partial charge in [-0.15, -0.1) is 0 Å². The first-order chi connectivity index (χ1) is 15.8. The summed E-state index contributed by atoms with van der Waals surface area (Å²) < 4.78 is 54.3. The standard InChI is InChI=1S/C23H25F2N5O2S/c1-16-13-22(28-23(26-16)30-11-3-2-4-12-30)27-19-6-8-20(9-7-19)29-33(31,32)15-17-14-18(24)5-10-21(17)25/h5-10,13-14,29H,2-4,11-12,15H2,1H3,(H,26,27,28). The largest absolute Gasteiger partial charge is 0.341 e. The van der Waals surface area contributed by atoms with Crippen molar-refractivity contribution >= 4 is 33.2 Å². The van der Waals surface area contributed by atoms with E-state index in [1.807, 2.05) is 13.0 Å². The lowest BCUT2D eigenvalue weighted by molar-refractivity contribution is 0.568. The van der Waals surface area contributed by atoms with E-state index in [1.165, 1.54) is 6.42 Å². The van der Waals surface area contributed by atoms with Crippen LogP contribution in [0.2, 0.25) is 0 Å². The zero-order valence-corrected chi connectivity index (χ0v) is 19.0. The zero-order valence-electron chi connectivity index (χ0n) is 18.2. The highest BCUT2D eigenvalue weighted by Crippen LogP contribution is 2.23. The first kappa shape index (κ1) is 22.9. The van der Waals surface area contributed by atoms with Crippen molar-refractivity contribution in [1.29, 1.82) is 0 Å². The summed E-state index contributed by atoms with van der Waals surface area (Å²) in [7, 11) is -3.93. The van der Waals surface area contributed by atoms with Gasteiger partial charge in [-0.3, -0.25) is 4.72 Å². The molecule has 0 radical (unpaired) electrons. The van der Waals surface area contributed by atoms with Gasteiger partial charge in [0, 0.05) is 41.8 Å². The molecule has 10 heteroatoms. The van der Waals surface area contributed by atoms with Crippen LogP contribution in [0.15, 0.2) is 48.5 Å². The van der Waals surface area contributed by atoms with Crippen LogP contribution < -0.4 is 14.9 Å². The summed E-state index contributed by atoms with van der Waals surface area (Å²) in [5.41, 5.74) is 1.65. The maximum absolute atomic E-state index is 13.8. The van der Waals surface area contributed by atoms with Gasteiger partial charge in [0.05, 0.1) is 5.75 Å². The van der Waals surface area contributed by atoms with Gasteiger partial charge >= 0.3 is 0 Å². The summed E-state index contributed by atoms with van der Waals surface area (Å²) in [6.07, 6.45) is 3.48. The van der Waals surface area contributed by atoms with Gasteiger partial charge in [0.25, 0.3) is 0 Å². The highest BCUT2D eigenvalue weighted by molar-refractivity contribution is 7.91. The molecule has 2 heterocycles.